The molecule has 0 amide bonds. The predicted molar refractivity (Wildman–Crippen MR) is 348 cm³/mol. The second kappa shape index (κ2) is 66.8. The number of hydrogen-bond acceptors (Lipinski definition) is 6. The van der Waals surface area contributed by atoms with E-state index in [-0.39, 0.29) is 44.0 Å². The maximum atomic E-state index is 12.9. The molecule has 0 aromatic heterocycles. The van der Waals surface area contributed by atoms with E-state index in [0.717, 1.165) is 122 Å². The maximum Gasteiger partial charge on any atom is 0.306 e. The van der Waals surface area contributed by atoms with Crippen LogP contribution in [0.25, 0.3) is 0 Å². The van der Waals surface area contributed by atoms with Gasteiger partial charge in [-0.25, -0.2) is 0 Å². The minimum atomic E-state index is -0.826. The molecule has 0 aliphatic rings. The van der Waals surface area contributed by atoms with Crippen molar-refractivity contribution in [2.45, 2.75) is 290 Å². The van der Waals surface area contributed by atoms with Gasteiger partial charge in [-0.1, -0.05) is 289 Å². The molecule has 0 spiro atoms. The molecule has 0 bridgehead atoms. The van der Waals surface area contributed by atoms with Gasteiger partial charge in [0, 0.05) is 19.3 Å². The number of allylic oxidation sites excluding steroid dienone is 24. The smallest absolute Gasteiger partial charge is 0.306 e. The Balaban J connectivity index is 4.55. The van der Waals surface area contributed by atoms with Gasteiger partial charge in [0.05, 0.1) is 0 Å². The topological polar surface area (TPSA) is 78.9 Å². The van der Waals surface area contributed by atoms with Crippen molar-refractivity contribution in [3.8, 4) is 0 Å². The lowest BCUT2D eigenvalue weighted by Gasteiger charge is -2.18. The average molecular weight is 1110 g/mol. The highest BCUT2D eigenvalue weighted by molar-refractivity contribution is 5.71. The highest BCUT2D eigenvalue weighted by Gasteiger charge is 2.19. The molecule has 0 aliphatic heterocycles. The summed E-state index contributed by atoms with van der Waals surface area (Å²) in [6.07, 6.45) is 95.7. The van der Waals surface area contributed by atoms with E-state index in [9.17, 15) is 14.4 Å². The van der Waals surface area contributed by atoms with E-state index in [2.05, 4.69) is 167 Å². The van der Waals surface area contributed by atoms with Crippen LogP contribution in [0, 0.1) is 0 Å². The highest BCUT2D eigenvalue weighted by atomic mass is 16.6. The van der Waals surface area contributed by atoms with Crippen molar-refractivity contribution in [3.63, 3.8) is 0 Å². The SMILES string of the molecule is CC/C=C\C/C=C\C/C=C\C/C=C\C/C=C\C/C=C\CCCCC(=O)OCC(COC(=O)CCCCCCCCCCCCCCCCCCCCCC)OC(=O)CCCC/C=C\C/C=C\C/C=C\C/C=C\C/C=C\C/C=C\CC. The van der Waals surface area contributed by atoms with E-state index in [0.29, 0.717) is 19.3 Å². The van der Waals surface area contributed by atoms with E-state index < -0.39 is 6.10 Å². The molecule has 0 rings (SSSR count). The van der Waals surface area contributed by atoms with Crippen LogP contribution in [-0.4, -0.2) is 37.2 Å². The molecule has 0 fully saturated rings. The molecule has 0 radical (unpaired) electrons. The van der Waals surface area contributed by atoms with Crippen molar-refractivity contribution in [1.82, 2.24) is 0 Å². The highest BCUT2D eigenvalue weighted by Crippen LogP contribution is 2.16. The molecule has 0 aliphatic carbocycles. The standard InChI is InChI=1S/C74H120O6/c1-4-7-10-13-16-19-22-25-28-31-34-37-40-43-46-49-52-55-58-61-64-67-73(76)79-70-71(69-78-72(75)66-63-60-57-54-51-48-45-42-39-36-33-30-27-24-21-18-15-12-9-6-3)80-74(77)68-65-62-59-56-53-50-47-44-41-38-35-32-29-26-23-20-17-14-11-8-5-2/h7-8,10-11,16-17,19-20,25-26,28-29,34-35,37-38,43-44,46-47,52-53,55-56,71H,4-6,9,12-15,18,21-24,27,30-33,36,39-42,45,48-51,54,57-70H2,1-3H3/b10-7-,11-8-,19-16-,20-17-,28-25-,29-26-,37-34-,38-35-,46-43-,47-44-,55-52-,56-53-. The third kappa shape index (κ3) is 64.1. The molecule has 0 aromatic rings. The van der Waals surface area contributed by atoms with Gasteiger partial charge < -0.3 is 14.2 Å². The third-order valence-corrected chi connectivity index (χ3v) is 13.6. The Morgan fingerprint density at radius 3 is 0.762 bits per heavy atom. The number of carbonyl (C=O) groups excluding carboxylic acids is 3. The molecule has 0 heterocycles. The van der Waals surface area contributed by atoms with Crippen LogP contribution in [0.1, 0.15) is 284 Å². The van der Waals surface area contributed by atoms with Gasteiger partial charge in [-0.2, -0.15) is 0 Å². The average Bonchev–Trinajstić information content (AvgIpc) is 3.46. The lowest BCUT2D eigenvalue weighted by molar-refractivity contribution is -0.167. The van der Waals surface area contributed by atoms with E-state index in [1.165, 1.54) is 109 Å². The Morgan fingerprint density at radius 1 is 0.263 bits per heavy atom. The van der Waals surface area contributed by atoms with Gasteiger partial charge in [0.15, 0.2) is 6.10 Å². The summed E-state index contributed by atoms with van der Waals surface area (Å²) in [4.78, 5) is 38.4. The Hall–Kier alpha value is -4.71. The predicted octanol–water partition coefficient (Wildman–Crippen LogP) is 22.7. The number of rotatable bonds is 58. The summed E-state index contributed by atoms with van der Waals surface area (Å²) < 4.78 is 16.9. The van der Waals surface area contributed by atoms with Gasteiger partial charge in [-0.3, -0.25) is 14.4 Å². The first kappa shape index (κ1) is 75.3. The number of ether oxygens (including phenoxy) is 3. The first-order valence-electron chi connectivity index (χ1n) is 32.8. The molecule has 6 nitrogen and oxygen atoms in total. The molecule has 6 heteroatoms. The summed E-state index contributed by atoms with van der Waals surface area (Å²) >= 11 is 0. The van der Waals surface area contributed by atoms with Crippen molar-refractivity contribution in [1.29, 1.82) is 0 Å². The Labute approximate surface area is 493 Å². The summed E-state index contributed by atoms with van der Waals surface area (Å²) in [5, 5.41) is 0. The maximum absolute atomic E-state index is 12.9. The van der Waals surface area contributed by atoms with Crippen LogP contribution in [-0.2, 0) is 28.6 Å². The van der Waals surface area contributed by atoms with Crippen molar-refractivity contribution in [2.75, 3.05) is 13.2 Å². The number of hydrogen-bond donors (Lipinski definition) is 0. The zero-order chi connectivity index (χ0) is 57.8. The van der Waals surface area contributed by atoms with Crippen LogP contribution in [0.4, 0.5) is 0 Å². The van der Waals surface area contributed by atoms with Gasteiger partial charge in [0.1, 0.15) is 13.2 Å². The number of esters is 3. The summed E-state index contributed by atoms with van der Waals surface area (Å²) in [7, 11) is 0. The summed E-state index contributed by atoms with van der Waals surface area (Å²) in [6.45, 7) is 6.36. The van der Waals surface area contributed by atoms with Crippen molar-refractivity contribution >= 4 is 17.9 Å². The van der Waals surface area contributed by atoms with Gasteiger partial charge in [0.25, 0.3) is 0 Å². The fourth-order valence-electron chi connectivity index (χ4n) is 8.74. The Bertz CT molecular complexity index is 1750. The fraction of sp³-hybridized carbons (Fsp3) is 0.635. The minimum absolute atomic E-state index is 0.113. The third-order valence-electron chi connectivity index (χ3n) is 13.6. The normalized spacial score (nSPS) is 13.1. The Morgan fingerprint density at radius 2 is 0.487 bits per heavy atom. The lowest BCUT2D eigenvalue weighted by Crippen LogP contribution is -2.30. The van der Waals surface area contributed by atoms with Gasteiger partial charge in [-0.15, -0.1) is 0 Å². The molecular formula is C74H120O6. The molecule has 1 atom stereocenters. The molecule has 452 valence electrons. The largest absolute Gasteiger partial charge is 0.462 e. The van der Waals surface area contributed by atoms with Crippen molar-refractivity contribution in [3.05, 3.63) is 146 Å². The fourth-order valence-corrected chi connectivity index (χ4v) is 8.74. The monoisotopic (exact) mass is 1100 g/mol. The summed E-state index contributed by atoms with van der Waals surface area (Å²) in [5.74, 6) is -0.998. The van der Waals surface area contributed by atoms with Crippen molar-refractivity contribution in [2.24, 2.45) is 0 Å². The molecule has 0 saturated heterocycles. The van der Waals surface area contributed by atoms with Gasteiger partial charge in [0.2, 0.25) is 0 Å². The Kier molecular flexibility index (Phi) is 62.9. The lowest BCUT2D eigenvalue weighted by atomic mass is 10.0. The van der Waals surface area contributed by atoms with E-state index in [1.54, 1.807) is 0 Å². The summed E-state index contributed by atoms with van der Waals surface area (Å²) in [6, 6.07) is 0. The minimum Gasteiger partial charge on any atom is -0.462 e. The summed E-state index contributed by atoms with van der Waals surface area (Å²) in [5.41, 5.74) is 0. The molecule has 0 saturated carbocycles. The molecule has 80 heavy (non-hydrogen) atoms. The second-order valence-electron chi connectivity index (χ2n) is 21.3. The zero-order valence-electron chi connectivity index (χ0n) is 51.8. The van der Waals surface area contributed by atoms with Gasteiger partial charge >= 0.3 is 17.9 Å². The van der Waals surface area contributed by atoms with Crippen LogP contribution in [0.3, 0.4) is 0 Å². The quantitative estimate of drug-likeness (QED) is 0.0261. The molecule has 1 unspecified atom stereocenters. The van der Waals surface area contributed by atoms with Crippen molar-refractivity contribution < 1.29 is 28.6 Å². The van der Waals surface area contributed by atoms with Crippen LogP contribution >= 0.6 is 0 Å². The number of unbranched alkanes of at least 4 members (excludes halogenated alkanes) is 23. The van der Waals surface area contributed by atoms with Crippen LogP contribution in [0.15, 0.2) is 146 Å². The van der Waals surface area contributed by atoms with Gasteiger partial charge in [-0.05, 0) is 122 Å². The first-order chi connectivity index (χ1) is 39.5. The molecular weight excluding hydrogens is 985 g/mol. The van der Waals surface area contributed by atoms with Crippen LogP contribution in [0.2, 0.25) is 0 Å². The number of carbonyl (C=O) groups is 3. The zero-order valence-corrected chi connectivity index (χ0v) is 51.8. The molecule has 0 aromatic carbocycles. The molecule has 0 N–H and O–H groups in total. The second-order valence-corrected chi connectivity index (χ2v) is 21.3. The first-order valence-corrected chi connectivity index (χ1v) is 32.8. The van der Waals surface area contributed by atoms with Crippen LogP contribution in [0.5, 0.6) is 0 Å². The van der Waals surface area contributed by atoms with E-state index in [1.807, 2.05) is 0 Å². The van der Waals surface area contributed by atoms with E-state index >= 15 is 0 Å². The van der Waals surface area contributed by atoms with E-state index in [4.69, 9.17) is 14.2 Å². The van der Waals surface area contributed by atoms with Crippen LogP contribution < -0.4 is 0 Å².